The van der Waals surface area contributed by atoms with Gasteiger partial charge in [0.1, 0.15) is 23.0 Å². The molecule has 0 fully saturated rings. The van der Waals surface area contributed by atoms with Gasteiger partial charge in [0, 0.05) is 23.3 Å². The van der Waals surface area contributed by atoms with E-state index in [-0.39, 0.29) is 11.5 Å². The maximum Gasteiger partial charge on any atom is 0.128 e. The Kier molecular flexibility index (Phi) is 11.6. The van der Waals surface area contributed by atoms with Gasteiger partial charge in [-0.25, -0.2) is 0 Å². The van der Waals surface area contributed by atoms with Crippen molar-refractivity contribution in [3.8, 4) is 23.0 Å². The fourth-order valence-electron chi connectivity index (χ4n) is 3.89. The molecule has 4 N–H and O–H groups in total. The van der Waals surface area contributed by atoms with Crippen LogP contribution in [0.25, 0.3) is 0 Å². The Labute approximate surface area is 201 Å². The molecule has 34 heavy (non-hydrogen) atoms. The third-order valence-electron chi connectivity index (χ3n) is 5.85. The first-order chi connectivity index (χ1) is 16.5. The van der Waals surface area contributed by atoms with Crippen LogP contribution in [0.3, 0.4) is 0 Å². The minimum atomic E-state index is 0.0451. The van der Waals surface area contributed by atoms with Crippen LogP contribution in [0.2, 0.25) is 0 Å². The average Bonchev–Trinajstić information content (AvgIpc) is 2.85. The molecule has 0 saturated carbocycles. The molecule has 0 heterocycles. The number of nitrogens with zero attached hydrogens (tertiary/aromatic N) is 2. The van der Waals surface area contributed by atoms with Crippen molar-refractivity contribution in [3.63, 3.8) is 0 Å². The Morgan fingerprint density at radius 3 is 1.26 bits per heavy atom. The maximum absolute atomic E-state index is 10.1. The van der Waals surface area contributed by atoms with Crippen LogP contribution in [0, 0.1) is 0 Å². The second-order valence-electron chi connectivity index (χ2n) is 8.19. The highest BCUT2D eigenvalue weighted by atomic mass is 16.5. The van der Waals surface area contributed by atoms with Gasteiger partial charge in [-0.2, -0.15) is 0 Å². The smallest absolute Gasteiger partial charge is 0.128 e. The monoisotopic (exact) mass is 472 g/mol. The van der Waals surface area contributed by atoms with Crippen molar-refractivity contribution in [2.45, 2.75) is 64.2 Å². The Morgan fingerprint density at radius 2 is 0.971 bits per heavy atom. The predicted molar refractivity (Wildman–Crippen MR) is 132 cm³/mol. The Balaban J connectivity index is 1.59. The number of methoxy groups -OCH3 is 2. The van der Waals surface area contributed by atoms with E-state index in [1.807, 2.05) is 0 Å². The molecule has 0 radical (unpaired) electrons. The summed E-state index contributed by atoms with van der Waals surface area (Å²) in [7, 11) is 3.06. The van der Waals surface area contributed by atoms with E-state index < -0.39 is 0 Å². The fraction of sp³-hybridized carbons (Fsp3) is 0.462. The van der Waals surface area contributed by atoms with Crippen LogP contribution in [-0.2, 0) is 0 Å². The minimum Gasteiger partial charge on any atom is -0.507 e. The second kappa shape index (κ2) is 14.7. The first kappa shape index (κ1) is 26.8. The van der Waals surface area contributed by atoms with E-state index in [4.69, 9.17) is 9.47 Å². The molecule has 0 aliphatic rings. The molecule has 0 aliphatic carbocycles. The van der Waals surface area contributed by atoms with E-state index in [2.05, 4.69) is 10.3 Å². The van der Waals surface area contributed by atoms with Gasteiger partial charge in [0.15, 0.2) is 0 Å². The van der Waals surface area contributed by atoms with Crippen molar-refractivity contribution < 1.29 is 30.1 Å². The van der Waals surface area contributed by atoms with Crippen LogP contribution in [0.4, 0.5) is 0 Å². The van der Waals surface area contributed by atoms with Gasteiger partial charge < -0.3 is 30.1 Å². The van der Waals surface area contributed by atoms with Crippen LogP contribution < -0.4 is 9.47 Å². The molecule has 8 nitrogen and oxygen atoms in total. The van der Waals surface area contributed by atoms with Crippen molar-refractivity contribution in [1.82, 2.24) is 0 Å². The van der Waals surface area contributed by atoms with Gasteiger partial charge in [0.25, 0.3) is 0 Å². The van der Waals surface area contributed by atoms with Gasteiger partial charge in [-0.05, 0) is 49.9 Å². The Morgan fingerprint density at radius 1 is 0.618 bits per heavy atom. The zero-order valence-electron chi connectivity index (χ0n) is 20.0. The molecular weight excluding hydrogens is 436 g/mol. The third-order valence-corrected chi connectivity index (χ3v) is 5.85. The van der Waals surface area contributed by atoms with E-state index in [1.165, 1.54) is 26.4 Å². The van der Waals surface area contributed by atoms with E-state index in [9.17, 15) is 20.6 Å². The fourth-order valence-corrected chi connectivity index (χ4v) is 3.89. The number of benzene rings is 2. The molecule has 2 aromatic carbocycles. The van der Waals surface area contributed by atoms with E-state index in [1.54, 1.807) is 24.3 Å². The van der Waals surface area contributed by atoms with Crippen molar-refractivity contribution in [2.75, 3.05) is 14.2 Å². The van der Waals surface area contributed by atoms with Gasteiger partial charge in [0.05, 0.1) is 25.6 Å². The van der Waals surface area contributed by atoms with Gasteiger partial charge in [0.2, 0.25) is 0 Å². The molecule has 0 bridgehead atoms. The summed E-state index contributed by atoms with van der Waals surface area (Å²) in [5, 5.41) is 45.6. The number of hydrogen-bond acceptors (Lipinski definition) is 8. The highest BCUT2D eigenvalue weighted by molar-refractivity contribution is 6.03. The third kappa shape index (κ3) is 8.17. The molecule has 0 amide bonds. The first-order valence-electron chi connectivity index (χ1n) is 11.7. The lowest BCUT2D eigenvalue weighted by molar-refractivity contribution is 0.317. The summed E-state index contributed by atoms with van der Waals surface area (Å²) in [6, 6.07) is 9.88. The summed E-state index contributed by atoms with van der Waals surface area (Å²) in [6.45, 7) is 0. The molecule has 186 valence electrons. The number of rotatable bonds is 15. The largest absolute Gasteiger partial charge is 0.507 e. The molecule has 0 aromatic heterocycles. The van der Waals surface area contributed by atoms with Crippen LogP contribution in [-0.4, -0.2) is 46.3 Å². The summed E-state index contributed by atoms with van der Waals surface area (Å²) >= 11 is 0. The van der Waals surface area contributed by atoms with Gasteiger partial charge in [-0.3, -0.25) is 0 Å². The number of unbranched alkanes of at least 4 members (excludes halogenated alkanes) is 7. The molecule has 0 spiro atoms. The van der Waals surface area contributed by atoms with Crippen molar-refractivity contribution in [1.29, 1.82) is 0 Å². The van der Waals surface area contributed by atoms with Crippen LogP contribution in [0.15, 0.2) is 46.7 Å². The molecule has 2 aromatic rings. The molecule has 0 unspecified atom stereocenters. The highest BCUT2D eigenvalue weighted by Gasteiger charge is 2.12. The lowest BCUT2D eigenvalue weighted by Crippen LogP contribution is -2.02. The van der Waals surface area contributed by atoms with Crippen molar-refractivity contribution in [3.05, 3.63) is 47.5 Å². The van der Waals surface area contributed by atoms with Gasteiger partial charge in [-0.15, -0.1) is 0 Å². The SMILES string of the molecule is COc1ccc(/C(CCCCCCCCCC/C(=N/O)c2ccc(OC)cc2O)=N\O)c(O)c1. The predicted octanol–water partition coefficient (Wildman–Crippen LogP) is 6.07. The molecular formula is C26H36N2O6. The molecule has 0 atom stereocenters. The number of oxime groups is 2. The topological polar surface area (TPSA) is 124 Å². The second-order valence-corrected chi connectivity index (χ2v) is 8.19. The standard InChI is InChI=1S/C26H36N2O6/c1-33-19-13-15-21(25(29)17-19)23(27-31)11-9-7-5-3-4-6-8-10-12-24(28-32)22-16-14-20(34-2)18-26(22)30/h13-18,29-32H,3-12H2,1-2H3/b27-23-,28-24-. The summed E-state index contributed by atoms with van der Waals surface area (Å²) in [5.74, 6) is 1.20. The summed E-state index contributed by atoms with van der Waals surface area (Å²) in [4.78, 5) is 0. The molecule has 8 heteroatoms. The summed E-state index contributed by atoms with van der Waals surface area (Å²) < 4.78 is 10.2. The number of hydrogen-bond donors (Lipinski definition) is 4. The number of phenols is 2. The van der Waals surface area contributed by atoms with Gasteiger partial charge >= 0.3 is 0 Å². The summed E-state index contributed by atoms with van der Waals surface area (Å²) in [5.41, 5.74) is 2.00. The van der Waals surface area contributed by atoms with Crippen LogP contribution >= 0.6 is 0 Å². The maximum atomic E-state index is 10.1. The van der Waals surface area contributed by atoms with E-state index in [0.717, 1.165) is 51.4 Å². The zero-order valence-corrected chi connectivity index (χ0v) is 20.0. The Bertz CT molecular complexity index is 881. The van der Waals surface area contributed by atoms with Crippen LogP contribution in [0.5, 0.6) is 23.0 Å². The minimum absolute atomic E-state index is 0.0451. The number of ether oxygens (including phenoxy) is 2. The number of aromatic hydroxyl groups is 2. The molecule has 2 rings (SSSR count). The molecule has 0 aliphatic heterocycles. The quantitative estimate of drug-likeness (QED) is 0.108. The van der Waals surface area contributed by atoms with Gasteiger partial charge in [-0.1, -0.05) is 48.8 Å². The van der Waals surface area contributed by atoms with Crippen molar-refractivity contribution >= 4 is 11.4 Å². The van der Waals surface area contributed by atoms with E-state index >= 15 is 0 Å². The van der Waals surface area contributed by atoms with Crippen molar-refractivity contribution in [2.24, 2.45) is 10.3 Å². The van der Waals surface area contributed by atoms with Crippen LogP contribution in [0.1, 0.15) is 75.3 Å². The number of phenolic OH excluding ortho intramolecular Hbond substituents is 2. The summed E-state index contributed by atoms with van der Waals surface area (Å²) in [6.07, 6.45) is 9.43. The normalized spacial score (nSPS) is 12.1. The lowest BCUT2D eigenvalue weighted by atomic mass is 10.00. The highest BCUT2D eigenvalue weighted by Crippen LogP contribution is 2.27. The lowest BCUT2D eigenvalue weighted by Gasteiger charge is -2.09. The average molecular weight is 473 g/mol. The molecule has 0 saturated heterocycles. The Hall–Kier alpha value is -3.42. The van der Waals surface area contributed by atoms with E-state index in [0.29, 0.717) is 46.9 Å². The zero-order chi connectivity index (χ0) is 24.8. The first-order valence-corrected chi connectivity index (χ1v) is 11.7.